The minimum absolute atomic E-state index is 0.127. The Kier molecular flexibility index (Phi) is 2.35. The third-order valence-electron chi connectivity index (χ3n) is 3.65. The van der Waals surface area contributed by atoms with Crippen LogP contribution in [0.5, 0.6) is 0 Å². The summed E-state index contributed by atoms with van der Waals surface area (Å²) < 4.78 is 9.89. The number of hydrogen-bond acceptors (Lipinski definition) is 4. The van der Waals surface area contributed by atoms with Crippen LogP contribution in [0.15, 0.2) is 16.5 Å². The summed E-state index contributed by atoms with van der Waals surface area (Å²) in [5.74, 6) is 0.0259. The van der Waals surface area contributed by atoms with E-state index < -0.39 is 11.6 Å². The molecule has 4 nitrogen and oxygen atoms in total. The molecule has 1 aromatic heterocycles. The van der Waals surface area contributed by atoms with Gasteiger partial charge in [0.1, 0.15) is 11.4 Å². The minimum Gasteiger partial charge on any atom is -0.463 e. The van der Waals surface area contributed by atoms with E-state index in [1.165, 1.54) is 13.2 Å². The number of esters is 1. The quantitative estimate of drug-likeness (QED) is 0.798. The predicted molar refractivity (Wildman–Crippen MR) is 57.0 cm³/mol. The van der Waals surface area contributed by atoms with Crippen molar-refractivity contribution in [3.05, 3.63) is 23.7 Å². The van der Waals surface area contributed by atoms with E-state index in [1.54, 1.807) is 13.0 Å². The standard InChI is InChI=1S/C12H16O4/c1-11(6-7-11)12(2,14)9-5-4-8(16-9)10(13)15-3/h4-5,14H,6-7H2,1-3H3. The van der Waals surface area contributed by atoms with E-state index in [1.807, 2.05) is 6.92 Å². The largest absolute Gasteiger partial charge is 0.463 e. The van der Waals surface area contributed by atoms with Gasteiger partial charge < -0.3 is 14.3 Å². The van der Waals surface area contributed by atoms with E-state index in [-0.39, 0.29) is 11.2 Å². The molecule has 0 aliphatic heterocycles. The highest BCUT2D eigenvalue weighted by Crippen LogP contribution is 2.57. The molecule has 0 bridgehead atoms. The highest BCUT2D eigenvalue weighted by molar-refractivity contribution is 5.86. The lowest BCUT2D eigenvalue weighted by molar-refractivity contribution is -0.0325. The molecule has 1 heterocycles. The third-order valence-corrected chi connectivity index (χ3v) is 3.65. The summed E-state index contributed by atoms with van der Waals surface area (Å²) in [7, 11) is 1.30. The van der Waals surface area contributed by atoms with Gasteiger partial charge in [-0.3, -0.25) is 0 Å². The lowest BCUT2D eigenvalue weighted by Crippen LogP contribution is -2.30. The van der Waals surface area contributed by atoms with E-state index in [2.05, 4.69) is 4.74 Å². The average molecular weight is 224 g/mol. The Morgan fingerprint density at radius 1 is 1.56 bits per heavy atom. The van der Waals surface area contributed by atoms with E-state index in [0.29, 0.717) is 5.76 Å². The second-order valence-corrected chi connectivity index (χ2v) is 4.79. The molecular formula is C12H16O4. The van der Waals surface area contributed by atoms with E-state index in [0.717, 1.165) is 12.8 Å². The topological polar surface area (TPSA) is 59.7 Å². The Balaban J connectivity index is 2.28. The molecule has 88 valence electrons. The zero-order chi connectivity index (χ0) is 12.0. The van der Waals surface area contributed by atoms with Gasteiger partial charge in [0.05, 0.1) is 7.11 Å². The molecule has 0 radical (unpaired) electrons. The lowest BCUT2D eigenvalue weighted by Gasteiger charge is -2.28. The van der Waals surface area contributed by atoms with Crippen LogP contribution in [0, 0.1) is 5.41 Å². The molecule has 1 N–H and O–H groups in total. The molecule has 0 saturated heterocycles. The smallest absolute Gasteiger partial charge is 0.373 e. The zero-order valence-corrected chi connectivity index (χ0v) is 9.74. The lowest BCUT2D eigenvalue weighted by atomic mass is 9.85. The normalized spacial score (nSPS) is 21.2. The predicted octanol–water partition coefficient (Wildman–Crippen LogP) is 2.07. The third kappa shape index (κ3) is 1.53. The van der Waals surface area contributed by atoms with Crippen molar-refractivity contribution in [3.63, 3.8) is 0 Å². The Bertz CT molecular complexity index is 412. The summed E-state index contributed by atoms with van der Waals surface area (Å²) >= 11 is 0. The molecule has 2 rings (SSSR count). The van der Waals surface area contributed by atoms with Crippen molar-refractivity contribution in [2.45, 2.75) is 32.3 Å². The molecule has 0 aromatic carbocycles. The van der Waals surface area contributed by atoms with Crippen LogP contribution in [-0.2, 0) is 10.3 Å². The van der Waals surface area contributed by atoms with Crippen molar-refractivity contribution in [3.8, 4) is 0 Å². The Labute approximate surface area is 94.2 Å². The number of carbonyl (C=O) groups is 1. The van der Waals surface area contributed by atoms with Crippen molar-refractivity contribution < 1.29 is 19.1 Å². The van der Waals surface area contributed by atoms with Gasteiger partial charge >= 0.3 is 5.97 Å². The van der Waals surface area contributed by atoms with Crippen LogP contribution in [0.25, 0.3) is 0 Å². The monoisotopic (exact) mass is 224 g/mol. The molecule has 1 atom stereocenters. The van der Waals surface area contributed by atoms with Crippen molar-refractivity contribution >= 4 is 5.97 Å². The molecule has 1 fully saturated rings. The molecule has 0 spiro atoms. The molecule has 0 amide bonds. The van der Waals surface area contributed by atoms with Gasteiger partial charge in [0.15, 0.2) is 0 Å². The maximum Gasteiger partial charge on any atom is 0.373 e. The second kappa shape index (κ2) is 3.35. The van der Waals surface area contributed by atoms with Crippen LogP contribution in [0.4, 0.5) is 0 Å². The summed E-state index contributed by atoms with van der Waals surface area (Å²) in [4.78, 5) is 11.2. The second-order valence-electron chi connectivity index (χ2n) is 4.79. The number of carbonyl (C=O) groups excluding carboxylic acids is 1. The van der Waals surface area contributed by atoms with Gasteiger partial charge in [0, 0.05) is 5.41 Å². The SMILES string of the molecule is COC(=O)c1ccc(C(C)(O)C2(C)CC2)o1. The van der Waals surface area contributed by atoms with Crippen LogP contribution >= 0.6 is 0 Å². The minimum atomic E-state index is -1.03. The van der Waals surface area contributed by atoms with E-state index >= 15 is 0 Å². The highest BCUT2D eigenvalue weighted by Gasteiger charge is 2.54. The first-order valence-electron chi connectivity index (χ1n) is 5.32. The van der Waals surface area contributed by atoms with Crippen LogP contribution in [0.2, 0.25) is 0 Å². The number of furan rings is 1. The summed E-state index contributed by atoms with van der Waals surface area (Å²) in [6.07, 6.45) is 1.93. The van der Waals surface area contributed by atoms with Crippen LogP contribution < -0.4 is 0 Å². The van der Waals surface area contributed by atoms with Gasteiger partial charge in [0.2, 0.25) is 5.76 Å². The number of ether oxygens (including phenoxy) is 1. The van der Waals surface area contributed by atoms with Crippen molar-refractivity contribution in [2.24, 2.45) is 5.41 Å². The Hall–Kier alpha value is -1.29. The molecule has 4 heteroatoms. The summed E-state index contributed by atoms with van der Waals surface area (Å²) in [5.41, 5.74) is -1.17. The Morgan fingerprint density at radius 3 is 2.69 bits per heavy atom. The first-order chi connectivity index (χ1) is 7.40. The van der Waals surface area contributed by atoms with Gasteiger partial charge in [-0.2, -0.15) is 0 Å². The van der Waals surface area contributed by atoms with Crippen molar-refractivity contribution in [1.82, 2.24) is 0 Å². The van der Waals surface area contributed by atoms with Crippen LogP contribution in [0.1, 0.15) is 43.0 Å². The molecule has 16 heavy (non-hydrogen) atoms. The summed E-state index contributed by atoms with van der Waals surface area (Å²) in [5, 5.41) is 10.4. The molecule has 1 aromatic rings. The van der Waals surface area contributed by atoms with Gasteiger partial charge in [-0.15, -0.1) is 0 Å². The first-order valence-corrected chi connectivity index (χ1v) is 5.32. The highest BCUT2D eigenvalue weighted by atomic mass is 16.5. The number of hydrogen-bond donors (Lipinski definition) is 1. The summed E-state index contributed by atoms with van der Waals surface area (Å²) in [6, 6.07) is 3.16. The van der Waals surface area contributed by atoms with Gasteiger partial charge in [-0.05, 0) is 31.9 Å². The van der Waals surface area contributed by atoms with E-state index in [4.69, 9.17) is 4.42 Å². The fourth-order valence-electron chi connectivity index (χ4n) is 1.78. The first kappa shape index (κ1) is 11.2. The molecular weight excluding hydrogens is 208 g/mol. The number of rotatable bonds is 3. The molecule has 1 saturated carbocycles. The maximum absolute atomic E-state index is 11.2. The molecule has 1 aliphatic carbocycles. The fraction of sp³-hybridized carbons (Fsp3) is 0.583. The van der Waals surface area contributed by atoms with Gasteiger partial charge in [-0.1, -0.05) is 6.92 Å². The van der Waals surface area contributed by atoms with Crippen LogP contribution in [-0.4, -0.2) is 18.2 Å². The summed E-state index contributed by atoms with van der Waals surface area (Å²) in [6.45, 7) is 3.73. The van der Waals surface area contributed by atoms with E-state index in [9.17, 15) is 9.90 Å². The van der Waals surface area contributed by atoms with Gasteiger partial charge in [0.25, 0.3) is 0 Å². The molecule has 1 aliphatic rings. The van der Waals surface area contributed by atoms with Crippen LogP contribution in [0.3, 0.4) is 0 Å². The average Bonchev–Trinajstić information content (AvgIpc) is 2.84. The van der Waals surface area contributed by atoms with Gasteiger partial charge in [-0.25, -0.2) is 4.79 Å². The van der Waals surface area contributed by atoms with Crippen molar-refractivity contribution in [2.75, 3.05) is 7.11 Å². The Morgan fingerprint density at radius 2 is 2.19 bits per heavy atom. The number of aliphatic hydroxyl groups is 1. The fourth-order valence-corrected chi connectivity index (χ4v) is 1.78. The molecule has 1 unspecified atom stereocenters. The number of methoxy groups -OCH3 is 1. The zero-order valence-electron chi connectivity index (χ0n) is 9.74. The van der Waals surface area contributed by atoms with Crippen molar-refractivity contribution in [1.29, 1.82) is 0 Å². The maximum atomic E-state index is 11.2.